The number of rotatable bonds is 15. The third-order valence-corrected chi connectivity index (χ3v) is 19.2. The van der Waals surface area contributed by atoms with Crippen LogP contribution in [0.15, 0.2) is 95.5 Å². The Hall–Kier alpha value is -2.50. The molecule has 0 saturated heterocycles. The molecule has 0 aliphatic carbocycles. The van der Waals surface area contributed by atoms with Crippen molar-refractivity contribution >= 4 is 80.0 Å². The Morgan fingerprint density at radius 2 is 1.34 bits per heavy atom. The summed E-state index contributed by atoms with van der Waals surface area (Å²) in [4.78, 5) is 12.0. The number of hydrogen-bond donors (Lipinski definition) is 0. The largest absolute Gasteiger partial charge is 0.527 e. The molecule has 0 fully saturated rings. The predicted octanol–water partition coefficient (Wildman–Crippen LogP) is 5.95. The molecule has 44 heavy (non-hydrogen) atoms. The first kappa shape index (κ1) is 34.4. The zero-order chi connectivity index (χ0) is 32.0. The third kappa shape index (κ3) is 7.31. The molecule has 0 N–H and O–H groups in total. The molecule has 1 atom stereocenters. The Labute approximate surface area is 270 Å². The fourth-order valence-electron chi connectivity index (χ4n) is 5.29. The maximum atomic E-state index is 12.0. The number of halogens is 1. The number of carbonyl (C=O) groups is 1. The van der Waals surface area contributed by atoms with Crippen LogP contribution in [-0.2, 0) is 35.5 Å². The molecule has 234 valence electrons. The van der Waals surface area contributed by atoms with Gasteiger partial charge in [0.25, 0.3) is 0 Å². The molecule has 0 saturated carbocycles. The zero-order valence-electron chi connectivity index (χ0n) is 26.0. The van der Waals surface area contributed by atoms with Gasteiger partial charge in [-0.1, -0.05) is 83.2 Å². The van der Waals surface area contributed by atoms with Gasteiger partial charge in [-0.25, -0.2) is 4.79 Å². The molecule has 1 unspecified atom stereocenters. The topological polar surface area (TPSA) is 81.7 Å². The van der Waals surface area contributed by atoms with E-state index in [1.54, 1.807) is 35.4 Å². The maximum Gasteiger partial charge on any atom is 0.527 e. The fourth-order valence-corrected chi connectivity index (χ4v) is 17.4. The molecule has 8 nitrogen and oxygen atoms in total. The predicted molar refractivity (Wildman–Crippen MR) is 183 cm³/mol. The molecule has 0 amide bonds. The first-order valence-corrected chi connectivity index (χ1v) is 20.9. The van der Waals surface area contributed by atoms with Gasteiger partial charge < -0.3 is 30.7 Å². The van der Waals surface area contributed by atoms with E-state index in [4.69, 9.17) is 30.7 Å². The molecule has 4 rings (SSSR count). The van der Waals surface area contributed by atoms with Crippen LogP contribution in [-0.4, -0.2) is 67.2 Å². The van der Waals surface area contributed by atoms with E-state index in [0.29, 0.717) is 18.0 Å². The molecule has 0 heterocycles. The van der Waals surface area contributed by atoms with Crippen LogP contribution in [0.2, 0.25) is 12.6 Å². The highest BCUT2D eigenvalue weighted by Gasteiger charge is 2.56. The van der Waals surface area contributed by atoms with Gasteiger partial charge in [0.1, 0.15) is 0 Å². The number of ether oxygens (including phenoxy) is 1. The van der Waals surface area contributed by atoms with E-state index in [1.807, 2.05) is 55.1 Å². The Morgan fingerprint density at radius 3 is 1.84 bits per heavy atom. The molecule has 0 radical (unpaired) electrons. The summed E-state index contributed by atoms with van der Waals surface area (Å²) in [5.74, 6) is -0.441. The second kappa shape index (κ2) is 14.7. The van der Waals surface area contributed by atoms with Crippen molar-refractivity contribution in [3.05, 3.63) is 95.5 Å². The lowest BCUT2D eigenvalue weighted by Gasteiger charge is -2.41. The Balaban J connectivity index is 1.91. The van der Waals surface area contributed by atoms with Crippen LogP contribution in [0.3, 0.4) is 0 Å². The highest BCUT2D eigenvalue weighted by Crippen LogP contribution is 2.31. The molecule has 0 spiro atoms. The van der Waals surface area contributed by atoms with Crippen LogP contribution in [0.5, 0.6) is 0 Å². The molecule has 4 aromatic rings. The van der Waals surface area contributed by atoms with Gasteiger partial charge in [0, 0.05) is 54.9 Å². The lowest BCUT2D eigenvalue weighted by Crippen LogP contribution is -2.69. The summed E-state index contributed by atoms with van der Waals surface area (Å²) in [6, 6.07) is 26.7. The van der Waals surface area contributed by atoms with E-state index in [-0.39, 0.29) is 6.61 Å². The van der Waals surface area contributed by atoms with Crippen LogP contribution in [0.4, 0.5) is 0 Å². The first-order valence-electron chi connectivity index (χ1n) is 14.2. The van der Waals surface area contributed by atoms with Gasteiger partial charge in [-0.2, -0.15) is 0 Å². The van der Waals surface area contributed by atoms with Crippen LogP contribution in [0.1, 0.15) is 13.3 Å². The average Bonchev–Trinajstić information content (AvgIpc) is 3.04. The van der Waals surface area contributed by atoms with E-state index in [0.717, 1.165) is 36.4 Å². The highest BCUT2D eigenvalue weighted by atomic mass is 79.9. The van der Waals surface area contributed by atoms with Crippen LogP contribution in [0.25, 0.3) is 21.5 Å². The number of fused-ring (bicyclic) bond motifs is 2. The van der Waals surface area contributed by atoms with Crippen LogP contribution in [0, 0.1) is 0 Å². The van der Waals surface area contributed by atoms with Crippen LogP contribution < -0.4 is 10.4 Å². The Bertz CT molecular complexity index is 1550. The van der Waals surface area contributed by atoms with E-state index < -0.39 is 32.1 Å². The Kier molecular flexibility index (Phi) is 11.5. The quantitative estimate of drug-likeness (QED) is 0.0492. The van der Waals surface area contributed by atoms with Crippen LogP contribution >= 0.6 is 15.9 Å². The third-order valence-electron chi connectivity index (χ3n) is 7.47. The first-order chi connectivity index (χ1) is 21.1. The minimum atomic E-state index is -3.62. The van der Waals surface area contributed by atoms with E-state index in [9.17, 15) is 4.79 Å². The standard InChI is InChI=1S/C32H39BrO8Si3/c1-24(2)32(34)39-21-12-22-43(35-3,36-4)40-42(7,41-44(37-5,38-6)28-19-17-27(33)18-20-28)31-29-15-10-8-13-25(29)23-26-14-9-11-16-30(26)31/h8-11,13-20,23H,1,12,21-22H2,2-7H3. The maximum absolute atomic E-state index is 12.0. The van der Waals surface area contributed by atoms with Gasteiger partial charge in [-0.3, -0.25) is 0 Å². The van der Waals surface area contributed by atoms with Crippen molar-refractivity contribution in [2.45, 2.75) is 25.9 Å². The molecule has 0 bridgehead atoms. The summed E-state index contributed by atoms with van der Waals surface area (Å²) in [5, 5.41) is 5.80. The second-order valence-corrected chi connectivity index (χ2v) is 20.6. The second-order valence-electron chi connectivity index (χ2n) is 10.4. The molecule has 4 aromatic carbocycles. The van der Waals surface area contributed by atoms with E-state index in [1.165, 1.54) is 0 Å². The molecular weight excluding hydrogens is 677 g/mol. The van der Waals surface area contributed by atoms with Gasteiger partial charge in [-0.05, 0) is 59.6 Å². The number of esters is 1. The van der Waals surface area contributed by atoms with Gasteiger partial charge in [0.15, 0.2) is 0 Å². The SMILES string of the molecule is C=C(C)C(=O)OCCC[Si](OC)(OC)O[Si](C)(O[Si](OC)(OC)c1ccc(Br)cc1)c1c2ccccc2cc2ccccc12. The molecule has 0 aliphatic heterocycles. The summed E-state index contributed by atoms with van der Waals surface area (Å²) in [7, 11) is -4.28. The Morgan fingerprint density at radius 1 is 0.795 bits per heavy atom. The van der Waals surface area contributed by atoms with Crippen molar-refractivity contribution in [2.75, 3.05) is 35.0 Å². The van der Waals surface area contributed by atoms with Crippen molar-refractivity contribution in [2.24, 2.45) is 0 Å². The van der Waals surface area contributed by atoms with E-state index in [2.05, 4.69) is 52.8 Å². The lowest BCUT2D eigenvalue weighted by atomic mass is 10.0. The summed E-state index contributed by atoms with van der Waals surface area (Å²) in [6.45, 7) is 7.44. The van der Waals surface area contributed by atoms with Crippen molar-refractivity contribution in [3.8, 4) is 0 Å². The molecule has 0 aliphatic rings. The highest BCUT2D eigenvalue weighted by molar-refractivity contribution is 9.10. The summed E-state index contributed by atoms with van der Waals surface area (Å²) in [5.41, 5.74) is 0.341. The number of hydrogen-bond acceptors (Lipinski definition) is 8. The minimum Gasteiger partial charge on any atom is -0.462 e. The summed E-state index contributed by atoms with van der Waals surface area (Å²) < 4.78 is 45.3. The molecule has 0 aromatic heterocycles. The van der Waals surface area contributed by atoms with Gasteiger partial charge in [0.05, 0.1) is 6.61 Å². The average molecular weight is 716 g/mol. The fraction of sp³-hybridized carbons (Fsp3) is 0.281. The summed E-state index contributed by atoms with van der Waals surface area (Å²) in [6.07, 6.45) is 0.456. The van der Waals surface area contributed by atoms with Crippen molar-refractivity contribution in [3.63, 3.8) is 0 Å². The van der Waals surface area contributed by atoms with Crippen molar-refractivity contribution < 1.29 is 35.5 Å². The monoisotopic (exact) mass is 714 g/mol. The number of carbonyl (C=O) groups excluding carboxylic acids is 1. The zero-order valence-corrected chi connectivity index (χ0v) is 30.6. The van der Waals surface area contributed by atoms with E-state index >= 15 is 0 Å². The molecule has 12 heteroatoms. The van der Waals surface area contributed by atoms with Gasteiger partial charge in [0.2, 0.25) is 0 Å². The van der Waals surface area contributed by atoms with Gasteiger partial charge in [-0.15, -0.1) is 0 Å². The van der Waals surface area contributed by atoms with Gasteiger partial charge >= 0.3 is 32.1 Å². The normalized spacial score (nSPS) is 13.6. The minimum absolute atomic E-state index is 0.167. The number of benzene rings is 4. The van der Waals surface area contributed by atoms with Crippen molar-refractivity contribution in [1.82, 2.24) is 0 Å². The molecular formula is C32H39BrO8Si3. The van der Waals surface area contributed by atoms with Crippen molar-refractivity contribution in [1.29, 1.82) is 0 Å². The lowest BCUT2D eigenvalue weighted by molar-refractivity contribution is -0.139. The smallest absolute Gasteiger partial charge is 0.462 e. The summed E-state index contributed by atoms with van der Waals surface area (Å²) >= 11 is 3.53.